The van der Waals surface area contributed by atoms with Crippen LogP contribution in [0.15, 0.2) is 18.2 Å². The molecule has 2 aliphatic heterocycles. The van der Waals surface area contributed by atoms with Crippen LogP contribution in [0.25, 0.3) is 0 Å². The summed E-state index contributed by atoms with van der Waals surface area (Å²) in [5, 5.41) is 7.74. The van der Waals surface area contributed by atoms with Crippen LogP contribution in [0.5, 0.6) is 5.75 Å². The van der Waals surface area contributed by atoms with Crippen molar-refractivity contribution in [2.45, 2.75) is 63.8 Å². The van der Waals surface area contributed by atoms with Gasteiger partial charge >= 0.3 is 6.09 Å². The zero-order valence-electron chi connectivity index (χ0n) is 18.0. The molecule has 1 aromatic carbocycles. The predicted molar refractivity (Wildman–Crippen MR) is 109 cm³/mol. The zero-order chi connectivity index (χ0) is 22.8. The van der Waals surface area contributed by atoms with Crippen LogP contribution in [0.2, 0.25) is 0 Å². The van der Waals surface area contributed by atoms with E-state index in [2.05, 4.69) is 16.0 Å². The molecule has 3 rings (SSSR count). The largest absolute Gasteiger partial charge is 0.479 e. The summed E-state index contributed by atoms with van der Waals surface area (Å²) in [5.74, 6) is -1.83. The van der Waals surface area contributed by atoms with Gasteiger partial charge in [-0.2, -0.15) is 0 Å². The number of anilines is 1. The first kappa shape index (κ1) is 22.8. The molecule has 1 saturated heterocycles. The minimum absolute atomic E-state index is 0.0746. The van der Waals surface area contributed by atoms with E-state index in [1.165, 1.54) is 25.1 Å². The van der Waals surface area contributed by atoms with Crippen LogP contribution < -0.4 is 20.7 Å². The lowest BCUT2D eigenvalue weighted by atomic mass is 9.85. The monoisotopic (exact) mass is 437 g/mol. The number of hydrogen-bond acceptors (Lipinski definition) is 6. The first-order valence-corrected chi connectivity index (χ1v) is 10.2. The molecule has 1 fully saturated rings. The molecular weight excluding hydrogens is 409 g/mol. The Labute approximate surface area is 180 Å². The third-order valence-electron chi connectivity index (χ3n) is 5.07. The fraction of sp³-hybridized carbons (Fsp3) is 0.571. The predicted octanol–water partition coefficient (Wildman–Crippen LogP) is 2.10. The summed E-state index contributed by atoms with van der Waals surface area (Å²) in [5.41, 5.74) is -1.73. The normalized spacial score (nSPS) is 21.1. The number of carbonyl (C=O) groups excluding carboxylic acids is 3. The average Bonchev–Trinajstić information content (AvgIpc) is 2.77. The third kappa shape index (κ3) is 5.25. The third-order valence-corrected chi connectivity index (χ3v) is 5.07. The maximum Gasteiger partial charge on any atom is 0.408 e. The number of halogens is 1. The number of benzene rings is 1. The van der Waals surface area contributed by atoms with E-state index in [1.807, 2.05) is 0 Å². The SMILES string of the molecule is C[C@H](NC(=O)OC(C)(C)C)C(=O)N[C@@H]1C(=O)Nc2cccc(F)c2OC12CCOCC2. The van der Waals surface area contributed by atoms with Crippen molar-refractivity contribution in [3.8, 4) is 5.75 Å². The lowest BCUT2D eigenvalue weighted by Gasteiger charge is -2.41. The smallest absolute Gasteiger partial charge is 0.408 e. The van der Waals surface area contributed by atoms with E-state index < -0.39 is 47.0 Å². The Balaban J connectivity index is 1.81. The summed E-state index contributed by atoms with van der Waals surface area (Å²) >= 11 is 0. The molecule has 1 spiro atoms. The summed E-state index contributed by atoms with van der Waals surface area (Å²) in [7, 11) is 0. The fourth-order valence-electron chi connectivity index (χ4n) is 3.54. The molecule has 3 N–H and O–H groups in total. The number of amides is 3. The number of ether oxygens (including phenoxy) is 3. The van der Waals surface area contributed by atoms with E-state index in [9.17, 15) is 18.8 Å². The molecule has 170 valence electrons. The number of carbonyl (C=O) groups is 3. The Kier molecular flexibility index (Phi) is 6.40. The Morgan fingerprint density at radius 2 is 1.97 bits per heavy atom. The van der Waals surface area contributed by atoms with Crippen LogP contribution in [-0.4, -0.2) is 54.4 Å². The molecule has 2 aliphatic rings. The highest BCUT2D eigenvalue weighted by Gasteiger charge is 2.50. The van der Waals surface area contributed by atoms with Crippen LogP contribution in [0, 0.1) is 5.82 Å². The lowest BCUT2D eigenvalue weighted by molar-refractivity contribution is -0.136. The highest BCUT2D eigenvalue weighted by atomic mass is 19.1. The van der Waals surface area contributed by atoms with E-state index in [1.54, 1.807) is 20.8 Å². The van der Waals surface area contributed by atoms with Crippen molar-refractivity contribution < 1.29 is 33.0 Å². The van der Waals surface area contributed by atoms with Crippen LogP contribution in [-0.2, 0) is 19.1 Å². The molecule has 2 atom stereocenters. The van der Waals surface area contributed by atoms with Gasteiger partial charge in [0.25, 0.3) is 5.91 Å². The standard InChI is InChI=1S/C21H28FN3O6/c1-12(23-19(28)31-20(2,3)4)17(26)25-16-18(27)24-14-7-5-6-13(22)15(14)30-21(16)8-10-29-11-9-21/h5-7,12,16H,8-11H2,1-4H3,(H,23,28)(H,24,27)(H,25,26)/t12-,16+/m0/s1. The van der Waals surface area contributed by atoms with Crippen LogP contribution in [0.3, 0.4) is 0 Å². The number of alkyl carbamates (subject to hydrolysis) is 1. The van der Waals surface area contributed by atoms with Gasteiger partial charge in [-0.15, -0.1) is 0 Å². The van der Waals surface area contributed by atoms with Gasteiger partial charge in [-0.1, -0.05) is 6.07 Å². The van der Waals surface area contributed by atoms with Gasteiger partial charge in [0.05, 0.1) is 18.9 Å². The molecule has 1 aromatic rings. The second-order valence-electron chi connectivity index (χ2n) is 8.69. The Morgan fingerprint density at radius 1 is 1.29 bits per heavy atom. The van der Waals surface area contributed by atoms with E-state index >= 15 is 0 Å². The molecule has 9 nitrogen and oxygen atoms in total. The molecule has 0 bridgehead atoms. The van der Waals surface area contributed by atoms with Gasteiger partial charge in [-0.25, -0.2) is 9.18 Å². The molecule has 0 radical (unpaired) electrons. The summed E-state index contributed by atoms with van der Waals surface area (Å²) in [4.78, 5) is 37.9. The van der Waals surface area contributed by atoms with Gasteiger partial charge in [0.15, 0.2) is 11.6 Å². The second-order valence-corrected chi connectivity index (χ2v) is 8.69. The summed E-state index contributed by atoms with van der Waals surface area (Å²) < 4.78 is 31.1. The number of hydrogen-bond donors (Lipinski definition) is 3. The Hall–Kier alpha value is -2.88. The van der Waals surface area contributed by atoms with Crippen LogP contribution in [0.1, 0.15) is 40.5 Å². The van der Waals surface area contributed by atoms with Crippen molar-refractivity contribution in [1.29, 1.82) is 0 Å². The minimum Gasteiger partial charge on any atom is -0.479 e. The number of para-hydroxylation sites is 1. The molecule has 2 heterocycles. The van der Waals surface area contributed by atoms with Gasteiger partial charge in [0, 0.05) is 12.8 Å². The van der Waals surface area contributed by atoms with Crippen molar-refractivity contribution in [2.24, 2.45) is 0 Å². The maximum atomic E-state index is 14.5. The average molecular weight is 437 g/mol. The summed E-state index contributed by atoms with van der Waals surface area (Å²) in [6, 6.07) is 2.12. The van der Waals surface area contributed by atoms with Gasteiger partial charge in [-0.05, 0) is 39.8 Å². The van der Waals surface area contributed by atoms with Gasteiger partial charge in [-0.3, -0.25) is 9.59 Å². The second kappa shape index (κ2) is 8.70. The van der Waals surface area contributed by atoms with E-state index in [0.717, 1.165) is 0 Å². The molecule has 31 heavy (non-hydrogen) atoms. The first-order chi connectivity index (χ1) is 14.5. The molecular formula is C21H28FN3O6. The lowest BCUT2D eigenvalue weighted by Crippen LogP contribution is -2.64. The van der Waals surface area contributed by atoms with Gasteiger partial charge < -0.3 is 30.2 Å². The van der Waals surface area contributed by atoms with Crippen molar-refractivity contribution in [3.63, 3.8) is 0 Å². The van der Waals surface area contributed by atoms with Gasteiger partial charge in [0.2, 0.25) is 5.91 Å². The summed E-state index contributed by atoms with van der Waals surface area (Å²) in [6.07, 6.45) is -0.216. The molecule has 3 amide bonds. The number of rotatable bonds is 3. The number of nitrogens with one attached hydrogen (secondary N) is 3. The van der Waals surface area contributed by atoms with Crippen molar-refractivity contribution in [2.75, 3.05) is 18.5 Å². The first-order valence-electron chi connectivity index (χ1n) is 10.2. The number of fused-ring (bicyclic) bond motifs is 1. The molecule has 0 aromatic heterocycles. The minimum atomic E-state index is -1.20. The van der Waals surface area contributed by atoms with E-state index in [0.29, 0.717) is 0 Å². The van der Waals surface area contributed by atoms with Crippen molar-refractivity contribution in [1.82, 2.24) is 10.6 Å². The fourth-order valence-corrected chi connectivity index (χ4v) is 3.54. The maximum absolute atomic E-state index is 14.5. The van der Waals surface area contributed by atoms with Crippen molar-refractivity contribution >= 4 is 23.6 Å². The highest BCUT2D eigenvalue weighted by Crippen LogP contribution is 2.39. The Bertz CT molecular complexity index is 863. The Morgan fingerprint density at radius 3 is 2.61 bits per heavy atom. The molecule has 10 heteroatoms. The molecule has 0 aliphatic carbocycles. The summed E-state index contributed by atoms with van der Waals surface area (Å²) in [6.45, 7) is 7.16. The zero-order valence-corrected chi connectivity index (χ0v) is 18.0. The van der Waals surface area contributed by atoms with E-state index in [4.69, 9.17) is 14.2 Å². The molecule has 0 saturated carbocycles. The van der Waals surface area contributed by atoms with E-state index in [-0.39, 0.29) is 37.5 Å². The van der Waals surface area contributed by atoms with Crippen LogP contribution >= 0.6 is 0 Å². The van der Waals surface area contributed by atoms with Crippen LogP contribution in [0.4, 0.5) is 14.9 Å². The quantitative estimate of drug-likeness (QED) is 0.667. The highest BCUT2D eigenvalue weighted by molar-refractivity contribution is 6.00. The van der Waals surface area contributed by atoms with Gasteiger partial charge in [0.1, 0.15) is 23.3 Å². The van der Waals surface area contributed by atoms with Crippen molar-refractivity contribution in [3.05, 3.63) is 24.0 Å². The molecule has 0 unspecified atom stereocenters. The topological polar surface area (TPSA) is 115 Å².